The summed E-state index contributed by atoms with van der Waals surface area (Å²) in [6.07, 6.45) is 1.40. The van der Waals surface area contributed by atoms with Crippen LogP contribution >= 0.6 is 0 Å². The van der Waals surface area contributed by atoms with Gasteiger partial charge in [0.25, 0.3) is 5.91 Å². The Morgan fingerprint density at radius 1 is 1.06 bits per heavy atom. The second-order valence-electron chi connectivity index (χ2n) is 10.0. The van der Waals surface area contributed by atoms with E-state index in [0.29, 0.717) is 12.0 Å². The van der Waals surface area contributed by atoms with Gasteiger partial charge >= 0.3 is 0 Å². The fourth-order valence-electron chi connectivity index (χ4n) is 4.24. The third-order valence-electron chi connectivity index (χ3n) is 5.94. The molecule has 0 radical (unpaired) electrons. The maximum atomic E-state index is 12.8. The number of rotatable bonds is 5. The molecule has 2 amide bonds. The molecule has 3 aromatic rings. The van der Waals surface area contributed by atoms with Crippen LogP contribution in [0.1, 0.15) is 33.2 Å². The second-order valence-corrected chi connectivity index (χ2v) is 15.5. The van der Waals surface area contributed by atoms with Gasteiger partial charge in [-0.25, -0.2) is 0 Å². The number of amides is 2. The molecule has 0 unspecified atom stereocenters. The highest BCUT2D eigenvalue weighted by Crippen LogP contribution is 2.35. The lowest BCUT2D eigenvalue weighted by atomic mass is 9.89. The predicted octanol–water partition coefficient (Wildman–Crippen LogP) is 3.47. The van der Waals surface area contributed by atoms with E-state index in [2.05, 4.69) is 47.4 Å². The summed E-state index contributed by atoms with van der Waals surface area (Å²) in [6, 6.07) is 15.5. The summed E-state index contributed by atoms with van der Waals surface area (Å²) in [5, 5.41) is 7.76. The van der Waals surface area contributed by atoms with Gasteiger partial charge in [0.05, 0.1) is 20.2 Å². The number of aromatic nitrogens is 1. The number of fused-ring (bicyclic) bond motifs is 3. The zero-order valence-electron chi connectivity index (χ0n) is 19.5. The summed E-state index contributed by atoms with van der Waals surface area (Å²) in [4.78, 5) is 30.6. The number of H-pyrrole nitrogens is 1. The van der Waals surface area contributed by atoms with Gasteiger partial charge in [-0.05, 0) is 35.7 Å². The van der Waals surface area contributed by atoms with Gasteiger partial charge in [-0.15, -0.1) is 0 Å². The highest BCUT2D eigenvalue weighted by Gasteiger charge is 2.34. The summed E-state index contributed by atoms with van der Waals surface area (Å²) in [5.41, 5.74) is 5.02. The fourth-order valence-corrected chi connectivity index (χ4v) is 4.93. The average Bonchev–Trinajstić information content (AvgIpc) is 3.14. The van der Waals surface area contributed by atoms with E-state index in [-0.39, 0.29) is 23.9 Å². The zero-order chi connectivity index (χ0) is 23.0. The average molecular weight is 449 g/mol. The van der Waals surface area contributed by atoms with Crippen molar-refractivity contribution in [3.05, 3.63) is 70.9 Å². The quantitative estimate of drug-likeness (QED) is 0.523. The van der Waals surface area contributed by atoms with Crippen LogP contribution in [0.25, 0.3) is 10.9 Å². The van der Waals surface area contributed by atoms with Crippen LogP contribution in [0.15, 0.2) is 48.5 Å². The van der Waals surface area contributed by atoms with Crippen LogP contribution in [0, 0.1) is 0 Å². The summed E-state index contributed by atoms with van der Waals surface area (Å²) >= 11 is 0. The highest BCUT2D eigenvalue weighted by molar-refractivity contribution is 6.76. The van der Waals surface area contributed by atoms with E-state index in [0.717, 1.165) is 28.3 Å². The van der Waals surface area contributed by atoms with Crippen molar-refractivity contribution in [1.82, 2.24) is 20.5 Å². The van der Waals surface area contributed by atoms with Gasteiger partial charge in [0.1, 0.15) is 0 Å². The number of nitrogens with zero attached hydrogens (tertiary/aromatic N) is 1. The Morgan fingerprint density at radius 3 is 2.41 bits per heavy atom. The van der Waals surface area contributed by atoms with Gasteiger partial charge in [0, 0.05) is 42.4 Å². The molecule has 1 aliphatic heterocycles. The van der Waals surface area contributed by atoms with Crippen molar-refractivity contribution in [2.24, 2.45) is 0 Å². The molecule has 168 valence electrons. The molecule has 4 rings (SSSR count). The number of carbonyl (C=O) groups excluding carboxylic acids is 2. The number of aromatic amines is 1. The van der Waals surface area contributed by atoms with Crippen LogP contribution in [-0.2, 0) is 11.2 Å². The summed E-state index contributed by atoms with van der Waals surface area (Å²) < 4.78 is 0. The molecule has 2 heterocycles. The van der Waals surface area contributed by atoms with Gasteiger partial charge in [-0.2, -0.15) is 0 Å². The molecule has 0 bridgehead atoms. The van der Waals surface area contributed by atoms with Gasteiger partial charge in [-0.1, -0.05) is 50.0 Å². The number of hydrogen-bond donors (Lipinski definition) is 3. The van der Waals surface area contributed by atoms with Gasteiger partial charge in [0.15, 0.2) is 0 Å². The Balaban J connectivity index is 1.66. The van der Waals surface area contributed by atoms with Gasteiger partial charge in [0.2, 0.25) is 5.91 Å². The molecule has 0 fully saturated rings. The van der Waals surface area contributed by atoms with Crippen molar-refractivity contribution in [3.63, 3.8) is 0 Å². The lowest BCUT2D eigenvalue weighted by Crippen LogP contribution is -2.49. The molecule has 0 spiro atoms. The normalized spacial score (nSPS) is 18.3. The fraction of sp³-hybridized carbons (Fsp3) is 0.360. The van der Waals surface area contributed by atoms with E-state index >= 15 is 0 Å². The lowest BCUT2D eigenvalue weighted by molar-refractivity contribution is -0.131. The molecule has 7 heteroatoms. The molecular weight excluding hydrogens is 416 g/mol. The Bertz CT molecular complexity index is 1140. The van der Waals surface area contributed by atoms with Crippen LogP contribution in [0.2, 0.25) is 19.6 Å². The highest BCUT2D eigenvalue weighted by atomic mass is 28.3. The Hall–Kier alpha value is -2.90. The van der Waals surface area contributed by atoms with Gasteiger partial charge < -0.3 is 15.2 Å². The first kappa shape index (κ1) is 22.3. The maximum Gasteiger partial charge on any atom is 0.251 e. The molecule has 3 N–H and O–H groups in total. The summed E-state index contributed by atoms with van der Waals surface area (Å²) in [7, 11) is 2.22. The number of nitrogens with one attached hydrogen (secondary N) is 3. The molecule has 1 aromatic heterocycles. The number of likely N-dealkylation sites (N-methyl/N-ethyl adjacent to an activating group) is 1. The molecule has 2 aromatic carbocycles. The number of para-hydroxylation sites is 1. The topological polar surface area (TPSA) is 77.2 Å². The van der Waals surface area contributed by atoms with Crippen molar-refractivity contribution < 1.29 is 9.59 Å². The monoisotopic (exact) mass is 448 g/mol. The minimum absolute atomic E-state index is 0.0393. The van der Waals surface area contributed by atoms with E-state index < -0.39 is 8.07 Å². The molecule has 0 saturated carbocycles. The minimum atomic E-state index is -1.36. The van der Waals surface area contributed by atoms with Crippen LogP contribution in [-0.4, -0.2) is 56.1 Å². The summed E-state index contributed by atoms with van der Waals surface area (Å²) in [5.74, 6) is 0.0239. The first-order valence-electron chi connectivity index (χ1n) is 11.1. The molecule has 1 aliphatic rings. The first-order valence-corrected chi connectivity index (χ1v) is 14.8. The first-order chi connectivity index (χ1) is 15.1. The van der Waals surface area contributed by atoms with E-state index in [1.165, 1.54) is 5.56 Å². The Kier molecular flexibility index (Phi) is 5.96. The van der Waals surface area contributed by atoms with Crippen molar-refractivity contribution in [3.8, 4) is 0 Å². The molecule has 2 atom stereocenters. The van der Waals surface area contributed by atoms with Crippen molar-refractivity contribution >= 4 is 30.8 Å². The van der Waals surface area contributed by atoms with E-state index in [1.807, 2.05) is 36.4 Å². The Morgan fingerprint density at radius 2 is 1.75 bits per heavy atom. The Labute approximate surface area is 190 Å². The molecule has 0 saturated heterocycles. The van der Waals surface area contributed by atoms with Crippen LogP contribution < -0.4 is 10.6 Å². The minimum Gasteiger partial charge on any atom is -0.357 e. The lowest BCUT2D eigenvalue weighted by Gasteiger charge is -2.32. The van der Waals surface area contributed by atoms with E-state index in [1.54, 1.807) is 19.0 Å². The molecule has 0 aliphatic carbocycles. The summed E-state index contributed by atoms with van der Waals surface area (Å²) in [6.45, 7) is 6.69. The smallest absolute Gasteiger partial charge is 0.251 e. The third-order valence-corrected chi connectivity index (χ3v) is 7.17. The van der Waals surface area contributed by atoms with Gasteiger partial charge in [-0.3, -0.25) is 14.9 Å². The van der Waals surface area contributed by atoms with E-state index in [9.17, 15) is 9.59 Å². The van der Waals surface area contributed by atoms with Crippen molar-refractivity contribution in [2.75, 3.05) is 20.3 Å². The zero-order valence-corrected chi connectivity index (χ0v) is 20.5. The van der Waals surface area contributed by atoms with Crippen molar-refractivity contribution in [2.45, 2.75) is 38.1 Å². The van der Waals surface area contributed by atoms with Crippen LogP contribution in [0.5, 0.6) is 0 Å². The predicted molar refractivity (Wildman–Crippen MR) is 132 cm³/mol. The standard InChI is InChI=1S/C25H32N4O2Si/c1-29(2)25(31)21-14-19-18-8-6-7-9-20(18)27-23(19)22(28-21)16-10-12-17(13-11-16)24(30)26-15-32(3,4)5/h6-13,21-22,27-28H,14-15H2,1-5H3,(H,26,30)/t21-,22+/m1/s1. The van der Waals surface area contributed by atoms with E-state index in [4.69, 9.17) is 0 Å². The maximum absolute atomic E-state index is 12.8. The van der Waals surface area contributed by atoms with Crippen molar-refractivity contribution in [1.29, 1.82) is 0 Å². The number of benzene rings is 2. The SMILES string of the molecule is CN(C)C(=O)[C@H]1Cc2c([nH]c3ccccc23)[C@H](c2ccc(C(=O)NC[Si](C)(C)C)cc2)N1. The molecular formula is C25H32N4O2Si. The third kappa shape index (κ3) is 4.49. The second kappa shape index (κ2) is 8.56. The number of carbonyl (C=O) groups is 2. The molecule has 6 nitrogen and oxygen atoms in total. The number of hydrogen-bond acceptors (Lipinski definition) is 3. The molecule has 32 heavy (non-hydrogen) atoms. The largest absolute Gasteiger partial charge is 0.357 e. The van der Waals surface area contributed by atoms with Crippen LogP contribution in [0.4, 0.5) is 0 Å². The van der Waals surface area contributed by atoms with Crippen LogP contribution in [0.3, 0.4) is 0 Å².